The van der Waals surface area contributed by atoms with Gasteiger partial charge in [0, 0.05) is 16.7 Å². The Morgan fingerprint density at radius 2 is 0.904 bits per heavy atom. The number of rotatable bonds is 4. The highest BCUT2D eigenvalue weighted by Gasteiger charge is 2.33. The second kappa shape index (κ2) is 11.4. The summed E-state index contributed by atoms with van der Waals surface area (Å²) in [5, 5.41) is 1.17. The average molecular weight is 674 g/mol. The standard InChI is InChI=1S/C51H32O/c1-2-14-33(15-3-1)47-40-20-8-10-22-42(40)48(43-23-11-9-21-41(43)47)34-28-26-32(27-29-34)35-30-31-46-50(44-24-12-13-25-45(44)52-46)51(35)49-38-18-6-4-16-36(38)37-17-5-7-19-39(37)49/h1-31,49H/i1D,2D,3D,8D,9D,10D,11D,14D,15D,20D,21D,22D,23D. The molecule has 9 aromatic carbocycles. The van der Waals surface area contributed by atoms with Crippen molar-refractivity contribution in [1.29, 1.82) is 0 Å². The Labute approximate surface area is 320 Å². The van der Waals surface area contributed by atoms with Crippen molar-refractivity contribution in [2.24, 2.45) is 0 Å². The predicted octanol–water partition coefficient (Wildman–Crippen LogP) is 14.1. The van der Waals surface area contributed by atoms with Crippen molar-refractivity contribution >= 4 is 43.5 Å². The van der Waals surface area contributed by atoms with Gasteiger partial charge in [0.25, 0.3) is 0 Å². The van der Waals surface area contributed by atoms with Gasteiger partial charge >= 0.3 is 0 Å². The molecule has 1 aliphatic carbocycles. The van der Waals surface area contributed by atoms with Gasteiger partial charge in [-0.15, -0.1) is 0 Å². The van der Waals surface area contributed by atoms with E-state index in [0.29, 0.717) is 5.56 Å². The van der Waals surface area contributed by atoms with Crippen LogP contribution < -0.4 is 0 Å². The fraction of sp³-hybridized carbons (Fsp3) is 0.0196. The van der Waals surface area contributed by atoms with Gasteiger partial charge < -0.3 is 4.42 Å². The molecule has 0 saturated carbocycles. The Morgan fingerprint density at radius 3 is 1.54 bits per heavy atom. The van der Waals surface area contributed by atoms with Crippen LogP contribution in [-0.4, -0.2) is 0 Å². The summed E-state index contributed by atoms with van der Waals surface area (Å²) < 4.78 is 122. The number of para-hydroxylation sites is 1. The first kappa shape index (κ1) is 19.1. The molecule has 0 aliphatic heterocycles. The van der Waals surface area contributed by atoms with E-state index in [0.717, 1.165) is 60.9 Å². The summed E-state index contributed by atoms with van der Waals surface area (Å²) >= 11 is 0. The normalized spacial score (nSPS) is 16.0. The largest absolute Gasteiger partial charge is 0.456 e. The summed E-state index contributed by atoms with van der Waals surface area (Å²) in [4.78, 5) is 0. The molecule has 1 heterocycles. The molecule has 0 amide bonds. The molecule has 11 rings (SSSR count). The van der Waals surface area contributed by atoms with Crippen LogP contribution in [0.25, 0.3) is 88.0 Å². The summed E-state index contributed by atoms with van der Waals surface area (Å²) in [6.07, 6.45) is 0. The maximum absolute atomic E-state index is 9.35. The van der Waals surface area contributed by atoms with E-state index in [-0.39, 0.29) is 38.6 Å². The molecule has 242 valence electrons. The average Bonchev–Trinajstić information content (AvgIpc) is 3.88. The van der Waals surface area contributed by atoms with Gasteiger partial charge in [-0.3, -0.25) is 0 Å². The third-order valence-corrected chi connectivity index (χ3v) is 10.3. The lowest BCUT2D eigenvalue weighted by molar-refractivity contribution is 0.668. The minimum atomic E-state index is -0.714. The lowest BCUT2D eigenvalue weighted by atomic mass is 9.81. The first-order chi connectivity index (χ1) is 31.2. The number of furan rings is 1. The van der Waals surface area contributed by atoms with Crippen LogP contribution in [0.4, 0.5) is 0 Å². The summed E-state index contributed by atoms with van der Waals surface area (Å²) in [6.45, 7) is 0. The van der Waals surface area contributed by atoms with E-state index in [1.54, 1.807) is 12.1 Å². The fourth-order valence-electron chi connectivity index (χ4n) is 8.22. The fourth-order valence-corrected chi connectivity index (χ4v) is 8.22. The third kappa shape index (κ3) is 4.23. The number of hydrogen-bond donors (Lipinski definition) is 0. The topological polar surface area (TPSA) is 13.1 Å². The van der Waals surface area contributed by atoms with Crippen LogP contribution in [0.2, 0.25) is 0 Å². The van der Waals surface area contributed by atoms with Crippen LogP contribution in [-0.2, 0) is 0 Å². The molecule has 1 aliphatic rings. The molecule has 0 spiro atoms. The molecule has 52 heavy (non-hydrogen) atoms. The Hall–Kier alpha value is -6.70. The van der Waals surface area contributed by atoms with Crippen molar-refractivity contribution in [2.75, 3.05) is 0 Å². The molecule has 0 N–H and O–H groups in total. The molecule has 1 aromatic heterocycles. The zero-order valence-corrected chi connectivity index (χ0v) is 27.4. The van der Waals surface area contributed by atoms with Crippen LogP contribution in [0.3, 0.4) is 0 Å². The van der Waals surface area contributed by atoms with Crippen molar-refractivity contribution < 1.29 is 22.2 Å². The Bertz CT molecular complexity index is 3610. The summed E-state index contributed by atoms with van der Waals surface area (Å²) in [7, 11) is 0. The summed E-state index contributed by atoms with van der Waals surface area (Å²) in [5.74, 6) is -0.185. The van der Waals surface area contributed by atoms with Gasteiger partial charge in [0.1, 0.15) is 11.2 Å². The van der Waals surface area contributed by atoms with Gasteiger partial charge in [0.2, 0.25) is 0 Å². The van der Waals surface area contributed by atoms with Crippen LogP contribution in [0.1, 0.15) is 40.4 Å². The van der Waals surface area contributed by atoms with E-state index >= 15 is 0 Å². The van der Waals surface area contributed by atoms with E-state index in [2.05, 4.69) is 30.3 Å². The smallest absolute Gasteiger partial charge is 0.135 e. The molecule has 0 saturated heterocycles. The summed E-state index contributed by atoms with van der Waals surface area (Å²) in [6, 6.07) is 27.6. The van der Waals surface area contributed by atoms with Gasteiger partial charge in [-0.2, -0.15) is 0 Å². The van der Waals surface area contributed by atoms with E-state index in [1.165, 1.54) is 0 Å². The number of benzene rings is 9. The SMILES string of the molecule is [2H]c1c([2H])c([2H])c(-c2c3c([2H])c([2H])c([2H])c([2H])c3c(-c3ccc(-c4ccc5oc6ccccc6c5c4C4c5ccccc5-c5ccccc54)cc3)c3c([2H])c([2H])c([2H])c([2H])c23)c([2H])c1[2H]. The number of hydrogen-bond acceptors (Lipinski definition) is 1. The first-order valence-electron chi connectivity index (χ1n) is 23.5. The molecular weight excluding hydrogens is 629 g/mol. The predicted molar refractivity (Wildman–Crippen MR) is 218 cm³/mol. The van der Waals surface area contributed by atoms with Gasteiger partial charge in [0.05, 0.1) is 17.8 Å². The zero-order valence-electron chi connectivity index (χ0n) is 40.4. The molecular formula is C51H32O. The van der Waals surface area contributed by atoms with E-state index in [9.17, 15) is 5.48 Å². The lowest BCUT2D eigenvalue weighted by Crippen LogP contribution is -2.03. The minimum Gasteiger partial charge on any atom is -0.456 e. The molecule has 0 unspecified atom stereocenters. The Balaban J connectivity index is 1.24. The Morgan fingerprint density at radius 1 is 0.385 bits per heavy atom. The van der Waals surface area contributed by atoms with Crippen LogP contribution in [0.5, 0.6) is 0 Å². The maximum atomic E-state index is 9.35. The highest BCUT2D eigenvalue weighted by atomic mass is 16.3. The van der Waals surface area contributed by atoms with Crippen LogP contribution in [0.15, 0.2) is 192 Å². The van der Waals surface area contributed by atoms with Crippen molar-refractivity contribution in [3.05, 3.63) is 204 Å². The molecule has 0 fully saturated rings. The minimum absolute atomic E-state index is 0.0758. The lowest BCUT2D eigenvalue weighted by Gasteiger charge is -2.21. The third-order valence-electron chi connectivity index (χ3n) is 10.3. The van der Waals surface area contributed by atoms with Crippen molar-refractivity contribution in [3.63, 3.8) is 0 Å². The monoisotopic (exact) mass is 673 g/mol. The first-order valence-corrected chi connectivity index (χ1v) is 17.0. The molecule has 0 atom stereocenters. The maximum Gasteiger partial charge on any atom is 0.135 e. The van der Waals surface area contributed by atoms with Crippen LogP contribution in [0, 0.1) is 0 Å². The molecule has 0 bridgehead atoms. The second-order valence-corrected chi connectivity index (χ2v) is 12.9. The van der Waals surface area contributed by atoms with Gasteiger partial charge in [-0.25, -0.2) is 0 Å². The highest BCUT2D eigenvalue weighted by Crippen LogP contribution is 2.53. The van der Waals surface area contributed by atoms with Crippen molar-refractivity contribution in [1.82, 2.24) is 0 Å². The molecule has 10 aromatic rings. The Kier molecular flexibility index (Phi) is 4.18. The molecule has 1 nitrogen and oxygen atoms in total. The second-order valence-electron chi connectivity index (χ2n) is 12.9. The van der Waals surface area contributed by atoms with E-state index in [4.69, 9.17) is 16.8 Å². The van der Waals surface area contributed by atoms with E-state index in [1.807, 2.05) is 66.7 Å². The highest BCUT2D eigenvalue weighted by molar-refractivity contribution is 6.21. The van der Waals surface area contributed by atoms with Crippen LogP contribution >= 0.6 is 0 Å². The van der Waals surface area contributed by atoms with Gasteiger partial charge in [-0.1, -0.05) is 176 Å². The molecule has 1 heteroatoms. The molecule has 0 radical (unpaired) electrons. The van der Waals surface area contributed by atoms with Crippen molar-refractivity contribution in [2.45, 2.75) is 5.92 Å². The van der Waals surface area contributed by atoms with E-state index < -0.39 is 84.1 Å². The summed E-state index contributed by atoms with van der Waals surface area (Å²) in [5.41, 5.74) is 8.44. The number of fused-ring (bicyclic) bond motifs is 8. The van der Waals surface area contributed by atoms with Gasteiger partial charge in [0.15, 0.2) is 0 Å². The zero-order chi connectivity index (χ0) is 45.5. The quantitative estimate of drug-likeness (QED) is 0.170. The van der Waals surface area contributed by atoms with Gasteiger partial charge in [-0.05, 0) is 94.9 Å². The van der Waals surface area contributed by atoms with Crippen molar-refractivity contribution in [3.8, 4) is 44.5 Å².